The Labute approximate surface area is 206 Å². The Morgan fingerprint density at radius 3 is 2.69 bits per heavy atom. The van der Waals surface area contributed by atoms with Gasteiger partial charge in [-0.05, 0) is 55.4 Å². The van der Waals surface area contributed by atoms with Crippen LogP contribution in [0.5, 0.6) is 0 Å². The summed E-state index contributed by atoms with van der Waals surface area (Å²) < 4.78 is 4.78. The molecule has 1 aliphatic rings. The highest BCUT2D eigenvalue weighted by atomic mass is 35.5. The van der Waals surface area contributed by atoms with E-state index in [1.807, 2.05) is 18.2 Å². The molecule has 1 aliphatic heterocycles. The number of anilines is 1. The van der Waals surface area contributed by atoms with E-state index in [9.17, 15) is 4.79 Å². The molecule has 1 saturated heterocycles. The molecule has 0 aliphatic carbocycles. The van der Waals surface area contributed by atoms with Crippen molar-refractivity contribution in [1.82, 2.24) is 9.88 Å². The SMILES string of the molecule is COC(=O)c1cccc(NC(=S)N2CCC(c3nc(-c4ccc(Cl)c(Cl)c4)cs3)CC2)c1. The minimum absolute atomic E-state index is 0.371. The number of nitrogens with zero attached hydrogens (tertiary/aromatic N) is 2. The summed E-state index contributed by atoms with van der Waals surface area (Å²) in [6.07, 6.45) is 1.94. The minimum atomic E-state index is -0.371. The molecular formula is C23H21Cl2N3O2S2. The third-order valence-electron chi connectivity index (χ3n) is 5.40. The molecule has 3 aromatic rings. The highest BCUT2D eigenvalue weighted by molar-refractivity contribution is 7.80. The van der Waals surface area contributed by atoms with Crippen molar-refractivity contribution in [3.8, 4) is 11.3 Å². The second-order valence-corrected chi connectivity index (χ2v) is 9.55. The van der Waals surface area contributed by atoms with Crippen LogP contribution < -0.4 is 5.32 Å². The Morgan fingerprint density at radius 1 is 1.19 bits per heavy atom. The van der Waals surface area contributed by atoms with E-state index in [1.165, 1.54) is 7.11 Å². The number of hydrogen-bond acceptors (Lipinski definition) is 5. The zero-order valence-electron chi connectivity index (χ0n) is 17.3. The lowest BCUT2D eigenvalue weighted by atomic mass is 9.98. The van der Waals surface area contributed by atoms with Crippen LogP contribution in [0.25, 0.3) is 11.3 Å². The van der Waals surface area contributed by atoms with Gasteiger partial charge in [-0.1, -0.05) is 35.3 Å². The van der Waals surface area contributed by atoms with Gasteiger partial charge >= 0.3 is 5.97 Å². The Balaban J connectivity index is 1.35. The molecule has 5 nitrogen and oxygen atoms in total. The summed E-state index contributed by atoms with van der Waals surface area (Å²) in [5.74, 6) is 0.0299. The first-order valence-electron chi connectivity index (χ1n) is 10.1. The zero-order chi connectivity index (χ0) is 22.7. The number of piperidine rings is 1. The molecular weight excluding hydrogens is 485 g/mol. The number of likely N-dealkylation sites (tertiary alicyclic amines) is 1. The van der Waals surface area contributed by atoms with Crippen molar-refractivity contribution < 1.29 is 9.53 Å². The maximum Gasteiger partial charge on any atom is 0.337 e. The first-order valence-corrected chi connectivity index (χ1v) is 12.1. The van der Waals surface area contributed by atoms with E-state index in [4.69, 9.17) is 45.1 Å². The third kappa shape index (κ3) is 5.23. The van der Waals surface area contributed by atoms with Crippen molar-refractivity contribution >= 4 is 63.5 Å². The highest BCUT2D eigenvalue weighted by Gasteiger charge is 2.24. The molecule has 0 unspecified atom stereocenters. The summed E-state index contributed by atoms with van der Waals surface area (Å²) in [5, 5.41) is 8.17. The van der Waals surface area contributed by atoms with E-state index in [0.717, 1.165) is 47.9 Å². The van der Waals surface area contributed by atoms with Crippen molar-refractivity contribution in [2.75, 3.05) is 25.5 Å². The smallest absolute Gasteiger partial charge is 0.337 e. The predicted molar refractivity (Wildman–Crippen MR) is 135 cm³/mol. The highest BCUT2D eigenvalue weighted by Crippen LogP contribution is 2.34. The van der Waals surface area contributed by atoms with Gasteiger partial charge in [0.1, 0.15) is 0 Å². The van der Waals surface area contributed by atoms with Crippen molar-refractivity contribution in [2.45, 2.75) is 18.8 Å². The van der Waals surface area contributed by atoms with Crippen LogP contribution in [0.15, 0.2) is 47.8 Å². The lowest BCUT2D eigenvalue weighted by molar-refractivity contribution is 0.0601. The first-order chi connectivity index (χ1) is 15.4. The Bertz CT molecular complexity index is 1140. The molecule has 0 radical (unpaired) electrons. The number of halogens is 2. The van der Waals surface area contributed by atoms with Crippen LogP contribution in [0.1, 0.15) is 34.1 Å². The molecule has 32 heavy (non-hydrogen) atoms. The molecule has 0 amide bonds. The molecule has 1 N–H and O–H groups in total. The molecule has 166 valence electrons. The normalized spacial score (nSPS) is 14.3. The second-order valence-electron chi connectivity index (χ2n) is 7.46. The number of thiocarbonyl (C=S) groups is 1. The number of thiazole rings is 1. The van der Waals surface area contributed by atoms with Crippen LogP contribution in [0, 0.1) is 0 Å². The minimum Gasteiger partial charge on any atom is -0.465 e. The van der Waals surface area contributed by atoms with Gasteiger partial charge in [-0.15, -0.1) is 11.3 Å². The van der Waals surface area contributed by atoms with E-state index >= 15 is 0 Å². The van der Waals surface area contributed by atoms with Gasteiger partial charge in [0.25, 0.3) is 0 Å². The van der Waals surface area contributed by atoms with Gasteiger partial charge in [-0.25, -0.2) is 9.78 Å². The summed E-state index contributed by atoms with van der Waals surface area (Å²) >= 11 is 19.5. The topological polar surface area (TPSA) is 54.5 Å². The van der Waals surface area contributed by atoms with Crippen LogP contribution in [0.4, 0.5) is 5.69 Å². The number of carbonyl (C=O) groups excluding carboxylic acids is 1. The van der Waals surface area contributed by atoms with Gasteiger partial charge in [0.05, 0.1) is 33.4 Å². The van der Waals surface area contributed by atoms with Crippen LogP contribution in [0.2, 0.25) is 10.0 Å². The third-order valence-corrected chi connectivity index (χ3v) is 7.51. The number of aromatic nitrogens is 1. The zero-order valence-corrected chi connectivity index (χ0v) is 20.5. The number of benzene rings is 2. The van der Waals surface area contributed by atoms with Gasteiger partial charge in [0, 0.05) is 35.6 Å². The number of hydrogen-bond donors (Lipinski definition) is 1. The van der Waals surface area contributed by atoms with Crippen molar-refractivity contribution in [3.05, 3.63) is 68.5 Å². The van der Waals surface area contributed by atoms with Crippen LogP contribution in [-0.2, 0) is 4.74 Å². The summed E-state index contributed by atoms with van der Waals surface area (Å²) in [6.45, 7) is 1.68. The monoisotopic (exact) mass is 505 g/mol. The standard InChI is InChI=1S/C23H21Cl2N3O2S2/c1-30-22(29)16-3-2-4-17(11-16)26-23(31)28-9-7-14(8-10-28)21-27-20(13-32-21)15-5-6-18(24)19(25)12-15/h2-6,11-14H,7-10H2,1H3,(H,26,31). The van der Waals surface area contributed by atoms with Crippen LogP contribution in [-0.4, -0.2) is 41.2 Å². The van der Waals surface area contributed by atoms with Gasteiger partial charge < -0.3 is 15.0 Å². The van der Waals surface area contributed by atoms with Crippen molar-refractivity contribution in [1.29, 1.82) is 0 Å². The summed E-state index contributed by atoms with van der Waals surface area (Å²) in [5.41, 5.74) is 3.15. The van der Waals surface area contributed by atoms with Gasteiger partial charge in [0.2, 0.25) is 0 Å². The maximum absolute atomic E-state index is 11.7. The molecule has 0 atom stereocenters. The summed E-state index contributed by atoms with van der Waals surface area (Å²) in [6, 6.07) is 12.7. The fourth-order valence-electron chi connectivity index (χ4n) is 3.64. The van der Waals surface area contributed by atoms with Crippen molar-refractivity contribution in [2.24, 2.45) is 0 Å². The number of ether oxygens (including phenoxy) is 1. The number of nitrogens with one attached hydrogen (secondary N) is 1. The quantitative estimate of drug-likeness (QED) is 0.323. The second kappa shape index (κ2) is 10.2. The number of rotatable bonds is 4. The fraction of sp³-hybridized carbons (Fsp3) is 0.261. The average molecular weight is 506 g/mol. The van der Waals surface area contributed by atoms with E-state index < -0.39 is 0 Å². The van der Waals surface area contributed by atoms with E-state index in [-0.39, 0.29) is 5.97 Å². The number of esters is 1. The molecule has 2 heterocycles. The molecule has 0 bridgehead atoms. The van der Waals surface area contributed by atoms with Crippen LogP contribution in [0.3, 0.4) is 0 Å². The molecule has 1 aromatic heterocycles. The Kier molecular flexibility index (Phi) is 7.30. The molecule has 9 heteroatoms. The lowest BCUT2D eigenvalue weighted by Gasteiger charge is -2.33. The average Bonchev–Trinajstić information content (AvgIpc) is 3.31. The maximum atomic E-state index is 11.7. The van der Waals surface area contributed by atoms with Gasteiger partial charge in [-0.3, -0.25) is 0 Å². The molecule has 4 rings (SSSR count). The fourth-order valence-corrected chi connectivity index (χ4v) is 5.24. The van der Waals surface area contributed by atoms with E-state index in [2.05, 4.69) is 15.6 Å². The Hall–Kier alpha value is -2.19. The molecule has 0 saturated carbocycles. The van der Waals surface area contributed by atoms with Crippen molar-refractivity contribution in [3.63, 3.8) is 0 Å². The number of methoxy groups -OCH3 is 1. The molecule has 0 spiro atoms. The lowest BCUT2D eigenvalue weighted by Crippen LogP contribution is -2.40. The summed E-state index contributed by atoms with van der Waals surface area (Å²) in [7, 11) is 1.37. The first kappa shape index (κ1) is 23.0. The summed E-state index contributed by atoms with van der Waals surface area (Å²) in [4.78, 5) is 18.7. The van der Waals surface area contributed by atoms with E-state index in [0.29, 0.717) is 26.6 Å². The molecule has 1 fully saturated rings. The van der Waals surface area contributed by atoms with E-state index in [1.54, 1.807) is 35.6 Å². The van der Waals surface area contributed by atoms with Gasteiger partial charge in [0.15, 0.2) is 5.11 Å². The Morgan fingerprint density at radius 2 is 1.97 bits per heavy atom. The number of carbonyl (C=O) groups is 1. The van der Waals surface area contributed by atoms with Crippen LogP contribution >= 0.6 is 46.8 Å². The largest absolute Gasteiger partial charge is 0.465 e. The predicted octanol–water partition coefficient (Wildman–Crippen LogP) is 6.48. The molecule has 2 aromatic carbocycles. The van der Waals surface area contributed by atoms with Gasteiger partial charge in [-0.2, -0.15) is 0 Å².